The van der Waals surface area contributed by atoms with E-state index in [9.17, 15) is 8.42 Å². The van der Waals surface area contributed by atoms with Crippen molar-refractivity contribution >= 4 is 44.7 Å². The van der Waals surface area contributed by atoms with Gasteiger partial charge in [0, 0.05) is 42.8 Å². The third kappa shape index (κ3) is 5.29. The van der Waals surface area contributed by atoms with E-state index in [4.69, 9.17) is 4.98 Å². The molecule has 1 aliphatic rings. The van der Waals surface area contributed by atoms with Gasteiger partial charge in [-0.2, -0.15) is 0 Å². The van der Waals surface area contributed by atoms with Gasteiger partial charge >= 0.3 is 0 Å². The minimum Gasteiger partial charge on any atom is -0.354 e. The van der Waals surface area contributed by atoms with Crippen LogP contribution in [0.2, 0.25) is 0 Å². The summed E-state index contributed by atoms with van der Waals surface area (Å²) in [5.74, 6) is 1.07. The Morgan fingerprint density at radius 3 is 2.29 bits per heavy atom. The van der Waals surface area contributed by atoms with Gasteiger partial charge < -0.3 is 9.80 Å². The van der Waals surface area contributed by atoms with Crippen LogP contribution in [0, 0.1) is 0 Å². The Labute approximate surface area is 190 Å². The maximum atomic E-state index is 11.8. The fourth-order valence-corrected chi connectivity index (χ4v) is 4.45. The first-order valence-corrected chi connectivity index (χ1v) is 12.1. The Balaban J connectivity index is 0.00000272. The third-order valence-corrected chi connectivity index (χ3v) is 6.98. The number of sulfonamides is 1. The van der Waals surface area contributed by atoms with Gasteiger partial charge in [-0.25, -0.2) is 13.4 Å². The largest absolute Gasteiger partial charge is 0.354 e. The van der Waals surface area contributed by atoms with E-state index < -0.39 is 10.0 Å². The van der Waals surface area contributed by atoms with Gasteiger partial charge in [0.2, 0.25) is 10.0 Å². The number of anilines is 2. The fraction of sp³-hybridized carbons (Fsp3) is 0.348. The fourth-order valence-electron chi connectivity index (χ4n) is 3.81. The Kier molecular flexibility index (Phi) is 7.41. The number of likely N-dealkylation sites (N-methyl/N-ethyl adjacent to an activating group) is 1. The molecule has 0 unspecified atom stereocenters. The number of piperazine rings is 1. The van der Waals surface area contributed by atoms with Gasteiger partial charge in [-0.3, -0.25) is 4.72 Å². The summed E-state index contributed by atoms with van der Waals surface area (Å²) in [6, 6.07) is 17.9. The summed E-state index contributed by atoms with van der Waals surface area (Å²) < 4.78 is 26.2. The summed E-state index contributed by atoms with van der Waals surface area (Å²) in [5.41, 5.74) is 2.43. The number of rotatable bonds is 6. The highest BCUT2D eigenvalue weighted by molar-refractivity contribution is 7.92. The standard InChI is InChI=1S/C23H28N4O2S.ClH/c1-3-26-13-15-27(16-14-26)23-21-8-6-5-7-19(21)17-22(24-23)18-9-11-20(12-10-18)25-30(28,29)4-2;/h5-12,17,25H,3-4,13-16H2,1-2H3;1H. The lowest BCUT2D eigenvalue weighted by Gasteiger charge is -2.35. The third-order valence-electron chi connectivity index (χ3n) is 5.67. The van der Waals surface area contributed by atoms with E-state index in [-0.39, 0.29) is 18.2 Å². The number of hydrogen-bond donors (Lipinski definition) is 1. The zero-order chi connectivity index (χ0) is 21.1. The number of hydrogen-bond acceptors (Lipinski definition) is 5. The van der Waals surface area contributed by atoms with Crippen LogP contribution in [-0.2, 0) is 10.0 Å². The van der Waals surface area contributed by atoms with Gasteiger partial charge in [-0.15, -0.1) is 12.4 Å². The second-order valence-corrected chi connectivity index (χ2v) is 9.57. The first kappa shape index (κ1) is 23.3. The predicted molar refractivity (Wildman–Crippen MR) is 132 cm³/mol. The Hall–Kier alpha value is -2.35. The molecule has 0 aliphatic carbocycles. The normalized spacial score (nSPS) is 15.0. The van der Waals surface area contributed by atoms with Crippen LogP contribution in [0.4, 0.5) is 11.5 Å². The second kappa shape index (κ2) is 9.85. The average Bonchev–Trinajstić information content (AvgIpc) is 2.78. The van der Waals surface area contributed by atoms with Gasteiger partial charge in [0.15, 0.2) is 0 Å². The summed E-state index contributed by atoms with van der Waals surface area (Å²) in [7, 11) is -3.28. The molecule has 0 atom stereocenters. The summed E-state index contributed by atoms with van der Waals surface area (Å²) in [6.45, 7) is 8.92. The minimum atomic E-state index is -3.28. The van der Waals surface area contributed by atoms with Crippen LogP contribution in [0.25, 0.3) is 22.0 Å². The molecule has 3 aromatic rings. The molecule has 0 spiro atoms. The number of aromatic nitrogens is 1. The van der Waals surface area contributed by atoms with Crippen molar-refractivity contribution in [1.29, 1.82) is 0 Å². The summed E-state index contributed by atoms with van der Waals surface area (Å²) in [5, 5.41) is 2.32. The van der Waals surface area contributed by atoms with Crippen LogP contribution < -0.4 is 9.62 Å². The second-order valence-electron chi connectivity index (χ2n) is 7.56. The minimum absolute atomic E-state index is 0. The van der Waals surface area contributed by atoms with Crippen molar-refractivity contribution in [3.8, 4) is 11.3 Å². The van der Waals surface area contributed by atoms with Crippen molar-refractivity contribution in [2.24, 2.45) is 0 Å². The highest BCUT2D eigenvalue weighted by atomic mass is 35.5. The van der Waals surface area contributed by atoms with E-state index in [1.54, 1.807) is 19.1 Å². The molecule has 4 rings (SSSR count). The first-order chi connectivity index (χ1) is 14.5. The molecule has 0 radical (unpaired) electrons. The van der Waals surface area contributed by atoms with E-state index in [2.05, 4.69) is 45.7 Å². The van der Waals surface area contributed by atoms with Gasteiger partial charge in [0.1, 0.15) is 5.82 Å². The monoisotopic (exact) mass is 460 g/mol. The summed E-state index contributed by atoms with van der Waals surface area (Å²) >= 11 is 0. The van der Waals surface area contributed by atoms with E-state index in [0.29, 0.717) is 5.69 Å². The first-order valence-electron chi connectivity index (χ1n) is 10.5. The van der Waals surface area contributed by atoms with Crippen LogP contribution in [0.15, 0.2) is 54.6 Å². The van der Waals surface area contributed by atoms with Gasteiger partial charge in [-0.05, 0) is 37.1 Å². The quantitative estimate of drug-likeness (QED) is 0.596. The highest BCUT2D eigenvalue weighted by Crippen LogP contribution is 2.31. The molecule has 0 bridgehead atoms. The Morgan fingerprint density at radius 1 is 0.968 bits per heavy atom. The van der Waals surface area contributed by atoms with E-state index in [1.807, 2.05) is 18.2 Å². The number of nitrogens with zero attached hydrogens (tertiary/aromatic N) is 3. The molecule has 8 heteroatoms. The molecule has 6 nitrogen and oxygen atoms in total. The molecule has 1 fully saturated rings. The molecule has 166 valence electrons. The number of benzene rings is 2. The van der Waals surface area contributed by atoms with Crippen LogP contribution in [0.3, 0.4) is 0 Å². The van der Waals surface area contributed by atoms with Crippen molar-refractivity contribution in [3.63, 3.8) is 0 Å². The van der Waals surface area contributed by atoms with Crippen molar-refractivity contribution in [2.45, 2.75) is 13.8 Å². The molecule has 1 N–H and O–H groups in total. The molecule has 31 heavy (non-hydrogen) atoms. The van der Waals surface area contributed by atoms with Crippen LogP contribution in [-0.4, -0.2) is 56.8 Å². The molecular weight excluding hydrogens is 432 g/mol. The van der Waals surface area contributed by atoms with E-state index in [1.165, 1.54) is 5.39 Å². The van der Waals surface area contributed by atoms with Crippen LogP contribution in [0.5, 0.6) is 0 Å². The van der Waals surface area contributed by atoms with Crippen LogP contribution in [0.1, 0.15) is 13.8 Å². The van der Waals surface area contributed by atoms with Gasteiger partial charge in [-0.1, -0.05) is 43.3 Å². The number of halogens is 1. The average molecular weight is 461 g/mol. The Bertz CT molecular complexity index is 1130. The SMILES string of the molecule is CCN1CCN(c2nc(-c3ccc(NS(=O)(=O)CC)cc3)cc3ccccc23)CC1.Cl. The van der Waals surface area contributed by atoms with Crippen molar-refractivity contribution in [1.82, 2.24) is 9.88 Å². The molecule has 0 amide bonds. The maximum Gasteiger partial charge on any atom is 0.232 e. The molecule has 1 aliphatic heterocycles. The zero-order valence-electron chi connectivity index (χ0n) is 17.9. The van der Waals surface area contributed by atoms with Crippen molar-refractivity contribution < 1.29 is 8.42 Å². The van der Waals surface area contributed by atoms with E-state index >= 15 is 0 Å². The molecule has 2 aromatic carbocycles. The molecular formula is C23H29ClN4O2S. The Morgan fingerprint density at radius 2 is 1.65 bits per heavy atom. The molecule has 1 saturated heterocycles. The molecule has 1 aromatic heterocycles. The number of fused-ring (bicyclic) bond motifs is 1. The summed E-state index contributed by atoms with van der Waals surface area (Å²) in [4.78, 5) is 9.87. The lowest BCUT2D eigenvalue weighted by molar-refractivity contribution is 0.271. The van der Waals surface area contributed by atoms with Crippen molar-refractivity contribution in [3.05, 3.63) is 54.6 Å². The zero-order valence-corrected chi connectivity index (χ0v) is 19.5. The van der Waals surface area contributed by atoms with Crippen LogP contribution >= 0.6 is 12.4 Å². The maximum absolute atomic E-state index is 11.8. The molecule has 2 heterocycles. The van der Waals surface area contributed by atoms with Gasteiger partial charge in [0.05, 0.1) is 11.4 Å². The van der Waals surface area contributed by atoms with Crippen molar-refractivity contribution in [2.75, 3.05) is 48.1 Å². The topological polar surface area (TPSA) is 65.5 Å². The smallest absolute Gasteiger partial charge is 0.232 e. The predicted octanol–water partition coefficient (Wildman–Crippen LogP) is 4.23. The van der Waals surface area contributed by atoms with E-state index in [0.717, 1.165) is 55.2 Å². The highest BCUT2D eigenvalue weighted by Gasteiger charge is 2.19. The lowest BCUT2D eigenvalue weighted by Crippen LogP contribution is -2.46. The molecule has 0 saturated carbocycles. The summed E-state index contributed by atoms with van der Waals surface area (Å²) in [6.07, 6.45) is 0. The number of nitrogens with one attached hydrogen (secondary N) is 1. The van der Waals surface area contributed by atoms with Gasteiger partial charge in [0.25, 0.3) is 0 Å². The lowest BCUT2D eigenvalue weighted by atomic mass is 10.1. The number of pyridine rings is 1.